The number of carbonyl (C=O) groups is 1. The van der Waals surface area contributed by atoms with Gasteiger partial charge in [-0.3, -0.25) is 4.79 Å². The van der Waals surface area contributed by atoms with Gasteiger partial charge >= 0.3 is 6.21 Å². The molecule has 0 aliphatic carbocycles. The van der Waals surface area contributed by atoms with Gasteiger partial charge in [-0.2, -0.15) is 4.79 Å². The standard InChI is InChI=1S/C11H12N2O/c1-9-4-2-3-5-10(9)6-7-11(14)8-13-12/h2-5,8H,6-7H2,1H3. The first-order valence-electron chi connectivity index (χ1n) is 4.49. The lowest BCUT2D eigenvalue weighted by atomic mass is 10.0. The molecule has 0 bridgehead atoms. The zero-order chi connectivity index (χ0) is 10.4. The van der Waals surface area contributed by atoms with E-state index in [1.54, 1.807) is 0 Å². The number of rotatable bonds is 4. The van der Waals surface area contributed by atoms with Gasteiger partial charge in [-0.1, -0.05) is 24.3 Å². The summed E-state index contributed by atoms with van der Waals surface area (Å²) < 4.78 is 0. The Morgan fingerprint density at radius 3 is 2.86 bits per heavy atom. The Bertz CT molecular complexity index is 379. The summed E-state index contributed by atoms with van der Waals surface area (Å²) in [5.74, 6) is -0.157. The number of aryl methyl sites for hydroxylation is 2. The molecule has 0 saturated heterocycles. The van der Waals surface area contributed by atoms with Crippen molar-refractivity contribution < 1.29 is 9.58 Å². The van der Waals surface area contributed by atoms with Crippen LogP contribution in [0.3, 0.4) is 0 Å². The van der Waals surface area contributed by atoms with Gasteiger partial charge in [-0.15, -0.1) is 0 Å². The SMILES string of the molecule is Cc1ccccc1CCC(=O)C=[N+]=[N-]. The fraction of sp³-hybridized carbons (Fsp3) is 0.273. The van der Waals surface area contributed by atoms with Gasteiger partial charge in [0, 0.05) is 6.42 Å². The minimum Gasteiger partial charge on any atom is -0.361 e. The molecule has 14 heavy (non-hydrogen) atoms. The molecule has 0 fully saturated rings. The molecule has 0 atom stereocenters. The predicted octanol–water partition coefficient (Wildman–Crippen LogP) is 1.80. The van der Waals surface area contributed by atoms with E-state index in [0.717, 1.165) is 11.8 Å². The molecule has 0 amide bonds. The first-order valence-corrected chi connectivity index (χ1v) is 4.49. The Labute approximate surface area is 83.0 Å². The molecule has 0 unspecified atom stereocenters. The second-order valence-corrected chi connectivity index (χ2v) is 3.14. The molecule has 0 aliphatic heterocycles. The van der Waals surface area contributed by atoms with E-state index >= 15 is 0 Å². The van der Waals surface area contributed by atoms with Gasteiger partial charge in [0.15, 0.2) is 0 Å². The van der Waals surface area contributed by atoms with Gasteiger partial charge in [-0.25, -0.2) is 0 Å². The number of carbonyl (C=O) groups excluding carboxylic acids is 1. The number of hydrogen-bond acceptors (Lipinski definition) is 1. The molecule has 3 nitrogen and oxygen atoms in total. The Morgan fingerprint density at radius 2 is 2.21 bits per heavy atom. The van der Waals surface area contributed by atoms with E-state index in [1.807, 2.05) is 31.2 Å². The summed E-state index contributed by atoms with van der Waals surface area (Å²) in [4.78, 5) is 13.7. The van der Waals surface area contributed by atoms with Crippen molar-refractivity contribution in [2.45, 2.75) is 19.8 Å². The highest BCUT2D eigenvalue weighted by Crippen LogP contribution is 2.09. The first-order chi connectivity index (χ1) is 6.74. The van der Waals surface area contributed by atoms with Crippen LogP contribution in [0.15, 0.2) is 24.3 Å². The van der Waals surface area contributed by atoms with E-state index in [9.17, 15) is 4.79 Å². The van der Waals surface area contributed by atoms with Crippen LogP contribution in [0, 0.1) is 6.92 Å². The van der Waals surface area contributed by atoms with Gasteiger partial charge in [0.25, 0.3) is 0 Å². The van der Waals surface area contributed by atoms with Crippen LogP contribution in [-0.4, -0.2) is 16.8 Å². The van der Waals surface area contributed by atoms with Crippen LogP contribution in [0.5, 0.6) is 0 Å². The first kappa shape index (κ1) is 10.4. The van der Waals surface area contributed by atoms with E-state index in [2.05, 4.69) is 4.79 Å². The number of nitrogens with zero attached hydrogens (tertiary/aromatic N) is 2. The molecular formula is C11H12N2O. The van der Waals surface area contributed by atoms with Crippen molar-refractivity contribution in [2.75, 3.05) is 0 Å². The number of benzene rings is 1. The fourth-order valence-corrected chi connectivity index (χ4v) is 1.28. The average Bonchev–Trinajstić information content (AvgIpc) is 2.17. The van der Waals surface area contributed by atoms with E-state index in [4.69, 9.17) is 5.53 Å². The van der Waals surface area contributed by atoms with Crippen molar-refractivity contribution >= 4 is 12.0 Å². The fourth-order valence-electron chi connectivity index (χ4n) is 1.28. The molecule has 0 aliphatic rings. The Balaban J connectivity index is 2.58. The largest absolute Gasteiger partial charge is 0.361 e. The van der Waals surface area contributed by atoms with Crippen LogP contribution in [0.25, 0.3) is 5.53 Å². The third-order valence-corrected chi connectivity index (χ3v) is 2.10. The maximum Gasteiger partial charge on any atom is 0.323 e. The number of hydrogen-bond donors (Lipinski definition) is 0. The smallest absolute Gasteiger partial charge is 0.323 e. The van der Waals surface area contributed by atoms with E-state index in [1.165, 1.54) is 5.56 Å². The topological polar surface area (TPSA) is 53.5 Å². The van der Waals surface area contributed by atoms with Crippen molar-refractivity contribution in [1.82, 2.24) is 0 Å². The summed E-state index contributed by atoms with van der Waals surface area (Å²) in [5, 5.41) is 0. The summed E-state index contributed by atoms with van der Waals surface area (Å²) in [6, 6.07) is 7.93. The van der Waals surface area contributed by atoms with Crippen LogP contribution in [-0.2, 0) is 11.2 Å². The zero-order valence-electron chi connectivity index (χ0n) is 8.10. The molecule has 3 heteroatoms. The Hall–Kier alpha value is -1.73. The van der Waals surface area contributed by atoms with Crippen molar-refractivity contribution in [3.8, 4) is 0 Å². The maximum atomic E-state index is 11.0. The van der Waals surface area contributed by atoms with Gasteiger partial charge in [-0.05, 0) is 24.5 Å². The second-order valence-electron chi connectivity index (χ2n) is 3.14. The Morgan fingerprint density at radius 1 is 1.50 bits per heavy atom. The van der Waals surface area contributed by atoms with Crippen molar-refractivity contribution in [3.05, 3.63) is 40.9 Å². The summed E-state index contributed by atoms with van der Waals surface area (Å²) in [6.07, 6.45) is 2.02. The molecule has 0 saturated carbocycles. The summed E-state index contributed by atoms with van der Waals surface area (Å²) in [6.45, 7) is 2.01. The quantitative estimate of drug-likeness (QED) is 0.404. The third-order valence-electron chi connectivity index (χ3n) is 2.10. The predicted molar refractivity (Wildman–Crippen MR) is 54.2 cm³/mol. The van der Waals surface area contributed by atoms with Crippen molar-refractivity contribution in [2.24, 2.45) is 0 Å². The molecule has 0 heterocycles. The molecular weight excluding hydrogens is 176 g/mol. The molecule has 72 valence electrons. The van der Waals surface area contributed by atoms with Crippen LogP contribution in [0.2, 0.25) is 0 Å². The third kappa shape index (κ3) is 2.96. The molecule has 0 spiro atoms. The van der Waals surface area contributed by atoms with Crippen molar-refractivity contribution in [1.29, 1.82) is 0 Å². The van der Waals surface area contributed by atoms with E-state index < -0.39 is 0 Å². The number of ketones is 1. The zero-order valence-corrected chi connectivity index (χ0v) is 8.10. The van der Waals surface area contributed by atoms with Gasteiger partial charge < -0.3 is 5.53 Å². The molecule has 1 aromatic carbocycles. The van der Waals surface area contributed by atoms with Gasteiger partial charge in [0.1, 0.15) is 0 Å². The lowest BCUT2D eigenvalue weighted by molar-refractivity contribution is -0.116. The summed E-state index contributed by atoms with van der Waals surface area (Å²) >= 11 is 0. The van der Waals surface area contributed by atoms with E-state index in [-0.39, 0.29) is 5.78 Å². The molecule has 1 rings (SSSR count). The van der Waals surface area contributed by atoms with Crippen molar-refractivity contribution in [3.63, 3.8) is 0 Å². The highest BCUT2D eigenvalue weighted by molar-refractivity contribution is 6.25. The van der Waals surface area contributed by atoms with Crippen LogP contribution in [0.4, 0.5) is 0 Å². The minimum absolute atomic E-state index is 0.157. The highest BCUT2D eigenvalue weighted by Gasteiger charge is 2.04. The molecule has 1 aromatic rings. The van der Waals surface area contributed by atoms with Crippen LogP contribution < -0.4 is 0 Å². The average molecular weight is 188 g/mol. The molecule has 0 radical (unpaired) electrons. The normalized spacial score (nSPS) is 9.21. The minimum atomic E-state index is -0.157. The van der Waals surface area contributed by atoms with Crippen LogP contribution in [0.1, 0.15) is 17.5 Å². The summed E-state index contributed by atoms with van der Waals surface area (Å²) in [5.41, 5.74) is 10.5. The molecule has 0 aromatic heterocycles. The van der Waals surface area contributed by atoms with E-state index in [0.29, 0.717) is 12.8 Å². The maximum absolute atomic E-state index is 11.0. The number of Topliss-reactive ketones (excluding diaryl/α,β-unsaturated/α-hetero) is 1. The lowest BCUT2D eigenvalue weighted by Crippen LogP contribution is -2.02. The van der Waals surface area contributed by atoms with Crippen LogP contribution >= 0.6 is 0 Å². The highest BCUT2D eigenvalue weighted by atomic mass is 16.1. The second kappa shape index (κ2) is 5.10. The van der Waals surface area contributed by atoms with Gasteiger partial charge in [0.2, 0.25) is 5.78 Å². The Kier molecular flexibility index (Phi) is 3.77. The monoisotopic (exact) mass is 188 g/mol. The van der Waals surface area contributed by atoms with Gasteiger partial charge in [0.05, 0.1) is 0 Å². The summed E-state index contributed by atoms with van der Waals surface area (Å²) in [7, 11) is 0. The molecule has 0 N–H and O–H groups in total. The lowest BCUT2D eigenvalue weighted by Gasteiger charge is -2.01.